The van der Waals surface area contributed by atoms with Crippen LogP contribution in [-0.2, 0) is 28.7 Å². The van der Waals surface area contributed by atoms with E-state index in [2.05, 4.69) is 9.47 Å². The van der Waals surface area contributed by atoms with Crippen molar-refractivity contribution in [3.05, 3.63) is 20.1 Å². The second kappa shape index (κ2) is 8.57. The molecule has 2 amide bonds. The number of carbonyl (C=O) groups excluding carboxylic acids is 4. The molecule has 0 fully saturated rings. The minimum atomic E-state index is -0.871. The normalized spacial score (nSPS) is 22.6. The molecule has 2 unspecified atom stereocenters. The summed E-state index contributed by atoms with van der Waals surface area (Å²) in [6.45, 7) is 0. The molecule has 24 heavy (non-hydrogen) atoms. The number of esters is 2. The standard InChI is InChI=1S/2C6H5Cl2NO3/c2*1-9(2-10)5-3(7)4(8)6(11)12-5/h2*2,5H,1H3. The van der Waals surface area contributed by atoms with Crippen molar-refractivity contribution < 1.29 is 28.7 Å². The van der Waals surface area contributed by atoms with E-state index in [0.717, 1.165) is 9.80 Å². The lowest BCUT2D eigenvalue weighted by Crippen LogP contribution is -2.31. The number of hydrogen-bond acceptors (Lipinski definition) is 6. The first-order valence-electron chi connectivity index (χ1n) is 6.02. The van der Waals surface area contributed by atoms with Crippen LogP contribution in [0.5, 0.6) is 0 Å². The van der Waals surface area contributed by atoms with E-state index in [9.17, 15) is 19.2 Å². The summed E-state index contributed by atoms with van der Waals surface area (Å²) in [5.74, 6) is -1.42. The van der Waals surface area contributed by atoms with E-state index in [1.807, 2.05) is 0 Å². The van der Waals surface area contributed by atoms with Crippen molar-refractivity contribution in [3.8, 4) is 0 Å². The highest BCUT2D eigenvalue weighted by molar-refractivity contribution is 6.49. The van der Waals surface area contributed by atoms with E-state index in [0.29, 0.717) is 12.8 Å². The molecular formula is C12H10Cl4N2O6. The Morgan fingerprint density at radius 1 is 0.792 bits per heavy atom. The van der Waals surface area contributed by atoms with Gasteiger partial charge in [-0.25, -0.2) is 9.59 Å². The largest absolute Gasteiger partial charge is 0.432 e. The third-order valence-electron chi connectivity index (χ3n) is 2.72. The molecule has 2 aliphatic heterocycles. The first-order valence-corrected chi connectivity index (χ1v) is 7.53. The first kappa shape index (κ1) is 20.6. The molecule has 0 aliphatic carbocycles. The molecule has 2 aliphatic rings. The lowest BCUT2D eigenvalue weighted by Gasteiger charge is -2.17. The van der Waals surface area contributed by atoms with Crippen molar-refractivity contribution >= 4 is 71.2 Å². The van der Waals surface area contributed by atoms with Crippen molar-refractivity contribution in [1.29, 1.82) is 0 Å². The average Bonchev–Trinajstić information content (AvgIpc) is 2.98. The Balaban J connectivity index is 0.000000240. The molecule has 0 spiro atoms. The Morgan fingerprint density at radius 3 is 1.25 bits per heavy atom. The predicted molar refractivity (Wildman–Crippen MR) is 84.9 cm³/mol. The quantitative estimate of drug-likeness (QED) is 0.503. The van der Waals surface area contributed by atoms with E-state index < -0.39 is 24.4 Å². The molecule has 8 nitrogen and oxygen atoms in total. The SMILES string of the molecule is CN(C=O)C1OC(=O)C(Cl)=C1Cl.CN(C=O)C1OC(=O)C(Cl)=C1Cl. The van der Waals surface area contributed by atoms with Gasteiger partial charge >= 0.3 is 11.9 Å². The van der Waals surface area contributed by atoms with Gasteiger partial charge in [0.25, 0.3) is 0 Å². The number of nitrogens with zero attached hydrogens (tertiary/aromatic N) is 2. The average molecular weight is 420 g/mol. The van der Waals surface area contributed by atoms with Crippen LogP contribution in [0, 0.1) is 0 Å². The fourth-order valence-electron chi connectivity index (χ4n) is 1.46. The maximum atomic E-state index is 10.8. The monoisotopic (exact) mass is 418 g/mol. The second-order valence-electron chi connectivity index (χ2n) is 4.38. The molecule has 2 rings (SSSR count). The van der Waals surface area contributed by atoms with Gasteiger partial charge in [0.2, 0.25) is 25.3 Å². The number of amides is 2. The van der Waals surface area contributed by atoms with Gasteiger partial charge in [-0.15, -0.1) is 0 Å². The van der Waals surface area contributed by atoms with Crippen LogP contribution >= 0.6 is 46.4 Å². The van der Waals surface area contributed by atoms with E-state index in [-0.39, 0.29) is 20.1 Å². The van der Waals surface area contributed by atoms with Crippen molar-refractivity contribution in [3.63, 3.8) is 0 Å². The summed E-state index contributed by atoms with van der Waals surface area (Å²) >= 11 is 22.1. The number of rotatable bonds is 4. The third kappa shape index (κ3) is 4.32. The smallest absolute Gasteiger partial charge is 0.353 e. The Morgan fingerprint density at radius 2 is 1.08 bits per heavy atom. The Labute approximate surface area is 156 Å². The lowest BCUT2D eigenvalue weighted by molar-refractivity contribution is -0.148. The van der Waals surface area contributed by atoms with Gasteiger partial charge in [-0.3, -0.25) is 9.59 Å². The van der Waals surface area contributed by atoms with Crippen LogP contribution < -0.4 is 0 Å². The van der Waals surface area contributed by atoms with Gasteiger partial charge in [-0.2, -0.15) is 0 Å². The van der Waals surface area contributed by atoms with E-state index >= 15 is 0 Å². The van der Waals surface area contributed by atoms with Crippen LogP contribution in [0.3, 0.4) is 0 Å². The van der Waals surface area contributed by atoms with Gasteiger partial charge in [0.05, 0.1) is 0 Å². The number of likely N-dealkylation sites (N-methyl/N-ethyl adjacent to an activating group) is 2. The summed E-state index contributed by atoms with van der Waals surface area (Å²) in [6, 6.07) is 0. The molecular weight excluding hydrogens is 410 g/mol. The van der Waals surface area contributed by atoms with Crippen LogP contribution in [0.2, 0.25) is 0 Å². The van der Waals surface area contributed by atoms with Gasteiger partial charge in [0, 0.05) is 14.1 Å². The fourth-order valence-corrected chi connectivity index (χ4v) is 2.28. The molecule has 0 saturated carbocycles. The number of cyclic esters (lactones) is 2. The Bertz CT molecular complexity index is 581. The predicted octanol–water partition coefficient (Wildman–Crippen LogP) is 1.29. The van der Waals surface area contributed by atoms with E-state index in [1.165, 1.54) is 14.1 Å². The fraction of sp³-hybridized carbons (Fsp3) is 0.333. The summed E-state index contributed by atoms with van der Waals surface area (Å²) in [5.41, 5.74) is 0. The molecule has 0 bridgehead atoms. The molecule has 0 aromatic heterocycles. The highest BCUT2D eigenvalue weighted by Crippen LogP contribution is 2.30. The maximum Gasteiger partial charge on any atom is 0.353 e. The van der Waals surface area contributed by atoms with Gasteiger partial charge in [-0.1, -0.05) is 46.4 Å². The molecule has 132 valence electrons. The maximum absolute atomic E-state index is 10.8. The van der Waals surface area contributed by atoms with Crippen molar-refractivity contribution in [2.75, 3.05) is 14.1 Å². The van der Waals surface area contributed by atoms with Crippen LogP contribution in [0.1, 0.15) is 0 Å². The first-order chi connectivity index (χ1) is 11.1. The zero-order valence-corrected chi connectivity index (χ0v) is 15.2. The number of carbonyl (C=O) groups is 4. The van der Waals surface area contributed by atoms with Crippen molar-refractivity contribution in [1.82, 2.24) is 9.80 Å². The third-order valence-corrected chi connectivity index (χ3v) is 4.38. The zero-order chi connectivity index (χ0) is 18.6. The summed E-state index contributed by atoms with van der Waals surface area (Å²) in [4.78, 5) is 44.3. The van der Waals surface area contributed by atoms with Gasteiger partial charge in [-0.05, 0) is 0 Å². The van der Waals surface area contributed by atoms with Crippen LogP contribution in [0.25, 0.3) is 0 Å². The lowest BCUT2D eigenvalue weighted by atomic mass is 10.5. The molecule has 0 N–H and O–H groups in total. The number of ether oxygens (including phenoxy) is 2. The van der Waals surface area contributed by atoms with Crippen LogP contribution in [0.4, 0.5) is 0 Å². The summed E-state index contributed by atoms with van der Waals surface area (Å²) in [6.07, 6.45) is -0.751. The summed E-state index contributed by atoms with van der Waals surface area (Å²) in [7, 11) is 2.87. The Kier molecular flexibility index (Phi) is 7.34. The van der Waals surface area contributed by atoms with Crippen molar-refractivity contribution in [2.24, 2.45) is 0 Å². The highest BCUT2D eigenvalue weighted by Gasteiger charge is 2.35. The molecule has 12 heteroatoms. The number of halogens is 4. The molecule has 0 aromatic carbocycles. The molecule has 2 atom stereocenters. The van der Waals surface area contributed by atoms with Crippen LogP contribution in [-0.4, -0.2) is 61.1 Å². The van der Waals surface area contributed by atoms with E-state index in [4.69, 9.17) is 46.4 Å². The summed E-state index contributed by atoms with van der Waals surface area (Å²) < 4.78 is 9.31. The summed E-state index contributed by atoms with van der Waals surface area (Å²) in [5, 5.41) is -0.265. The van der Waals surface area contributed by atoms with Gasteiger partial charge in [0.15, 0.2) is 0 Å². The van der Waals surface area contributed by atoms with Crippen molar-refractivity contribution in [2.45, 2.75) is 12.5 Å². The minimum absolute atomic E-state index is 0.0382. The second-order valence-corrected chi connectivity index (χ2v) is 5.95. The number of hydrogen-bond donors (Lipinski definition) is 0. The van der Waals surface area contributed by atoms with Gasteiger partial charge < -0.3 is 19.3 Å². The van der Waals surface area contributed by atoms with E-state index in [1.54, 1.807) is 0 Å². The molecule has 2 heterocycles. The molecule has 0 saturated heterocycles. The molecule has 0 radical (unpaired) electrons. The van der Waals surface area contributed by atoms with Gasteiger partial charge in [0.1, 0.15) is 20.1 Å². The Hall–Kier alpha value is -1.48. The zero-order valence-electron chi connectivity index (χ0n) is 12.2. The topological polar surface area (TPSA) is 93.2 Å². The highest BCUT2D eigenvalue weighted by atomic mass is 35.5. The van der Waals surface area contributed by atoms with Crippen LogP contribution in [0.15, 0.2) is 20.1 Å². The minimum Gasteiger partial charge on any atom is -0.432 e. The molecule has 0 aromatic rings.